The molecular formula is C12H22N2O2. The molecule has 0 aromatic heterocycles. The molecule has 0 spiro atoms. The number of nitrogens with zero attached hydrogens (tertiary/aromatic N) is 1. The maximum Gasteiger partial charge on any atom is 0.246 e. The van der Waals surface area contributed by atoms with Gasteiger partial charge in [-0.1, -0.05) is 13.8 Å². The zero-order valence-corrected chi connectivity index (χ0v) is 10.8. The number of rotatable bonds is 3. The Bertz CT molecular complexity index is 287. The van der Waals surface area contributed by atoms with Crippen molar-refractivity contribution in [2.24, 2.45) is 5.92 Å². The molecule has 1 aliphatic rings. The summed E-state index contributed by atoms with van der Waals surface area (Å²) in [6.45, 7) is 9.77. The summed E-state index contributed by atoms with van der Waals surface area (Å²) < 4.78 is 0. The highest BCUT2D eigenvalue weighted by Crippen LogP contribution is 2.17. The zero-order valence-electron chi connectivity index (χ0n) is 10.8. The van der Waals surface area contributed by atoms with E-state index in [9.17, 15) is 9.59 Å². The Morgan fingerprint density at radius 3 is 2.25 bits per heavy atom. The summed E-state index contributed by atoms with van der Waals surface area (Å²) in [4.78, 5) is 25.6. The molecule has 2 atom stereocenters. The molecule has 1 N–H and O–H groups in total. The Labute approximate surface area is 97.4 Å². The van der Waals surface area contributed by atoms with E-state index in [2.05, 4.69) is 19.2 Å². The Balaban J connectivity index is 2.85. The highest BCUT2D eigenvalue weighted by Gasteiger charge is 2.39. The van der Waals surface area contributed by atoms with Crippen molar-refractivity contribution in [1.29, 1.82) is 0 Å². The van der Waals surface area contributed by atoms with E-state index in [0.29, 0.717) is 12.3 Å². The van der Waals surface area contributed by atoms with E-state index in [0.717, 1.165) is 0 Å². The van der Waals surface area contributed by atoms with Gasteiger partial charge in [-0.15, -0.1) is 0 Å². The fraction of sp³-hybridized carbons (Fsp3) is 0.833. The standard InChI is InChI=1S/C12H22N2O2/c1-7(2)6-10-12(16)14(8(3)4)9(5)11(15)13-10/h7-10H,6H2,1-5H3,(H,13,15). The highest BCUT2D eigenvalue weighted by molar-refractivity contribution is 5.96. The van der Waals surface area contributed by atoms with Gasteiger partial charge in [0, 0.05) is 6.04 Å². The van der Waals surface area contributed by atoms with Gasteiger partial charge in [0.1, 0.15) is 12.1 Å². The van der Waals surface area contributed by atoms with Gasteiger partial charge >= 0.3 is 0 Å². The summed E-state index contributed by atoms with van der Waals surface area (Å²) in [5.74, 6) is 0.409. The van der Waals surface area contributed by atoms with Crippen molar-refractivity contribution in [3.8, 4) is 0 Å². The summed E-state index contributed by atoms with van der Waals surface area (Å²) in [5, 5.41) is 2.80. The molecule has 0 saturated carbocycles. The SMILES string of the molecule is CC(C)CC1NC(=O)C(C)N(C(C)C)C1=O. The lowest BCUT2D eigenvalue weighted by atomic mass is 9.98. The average molecular weight is 226 g/mol. The van der Waals surface area contributed by atoms with Gasteiger partial charge in [0.25, 0.3) is 0 Å². The number of nitrogens with one attached hydrogen (secondary N) is 1. The first-order chi connectivity index (χ1) is 7.34. The fourth-order valence-electron chi connectivity index (χ4n) is 2.18. The van der Waals surface area contributed by atoms with Crippen LogP contribution < -0.4 is 5.32 Å². The molecule has 1 fully saturated rings. The van der Waals surface area contributed by atoms with Gasteiger partial charge in [-0.3, -0.25) is 9.59 Å². The molecule has 4 nitrogen and oxygen atoms in total. The summed E-state index contributed by atoms with van der Waals surface area (Å²) in [6.07, 6.45) is 0.709. The Morgan fingerprint density at radius 2 is 1.81 bits per heavy atom. The van der Waals surface area contributed by atoms with Gasteiger partial charge in [0.2, 0.25) is 11.8 Å². The van der Waals surface area contributed by atoms with Crippen LogP contribution in [0.15, 0.2) is 0 Å². The van der Waals surface area contributed by atoms with E-state index < -0.39 is 0 Å². The normalized spacial score (nSPS) is 26.6. The third kappa shape index (κ3) is 2.54. The molecule has 1 heterocycles. The van der Waals surface area contributed by atoms with Crippen LogP contribution in [0.25, 0.3) is 0 Å². The minimum Gasteiger partial charge on any atom is -0.343 e. The molecule has 0 aliphatic carbocycles. The first-order valence-corrected chi connectivity index (χ1v) is 5.97. The molecule has 0 radical (unpaired) electrons. The first kappa shape index (κ1) is 13.0. The third-order valence-electron chi connectivity index (χ3n) is 2.93. The zero-order chi connectivity index (χ0) is 12.5. The third-order valence-corrected chi connectivity index (χ3v) is 2.93. The Morgan fingerprint density at radius 1 is 1.25 bits per heavy atom. The number of piperazine rings is 1. The van der Waals surface area contributed by atoms with Crippen molar-refractivity contribution in [2.45, 2.75) is 59.2 Å². The molecule has 4 heteroatoms. The van der Waals surface area contributed by atoms with Crippen LogP contribution in [0.3, 0.4) is 0 Å². The van der Waals surface area contributed by atoms with Gasteiger partial charge in [0.05, 0.1) is 0 Å². The summed E-state index contributed by atoms with van der Waals surface area (Å²) in [5.41, 5.74) is 0. The molecule has 1 saturated heterocycles. The highest BCUT2D eigenvalue weighted by atomic mass is 16.2. The monoisotopic (exact) mass is 226 g/mol. The van der Waals surface area contributed by atoms with Gasteiger partial charge in [0.15, 0.2) is 0 Å². The molecule has 0 bridgehead atoms. The van der Waals surface area contributed by atoms with Crippen molar-refractivity contribution in [3.63, 3.8) is 0 Å². The number of carbonyl (C=O) groups excluding carboxylic acids is 2. The summed E-state index contributed by atoms with van der Waals surface area (Å²) in [7, 11) is 0. The van der Waals surface area contributed by atoms with Crippen LogP contribution >= 0.6 is 0 Å². The van der Waals surface area contributed by atoms with Crippen molar-refractivity contribution in [2.75, 3.05) is 0 Å². The maximum absolute atomic E-state index is 12.2. The molecule has 92 valence electrons. The summed E-state index contributed by atoms with van der Waals surface area (Å²) >= 11 is 0. The fourth-order valence-corrected chi connectivity index (χ4v) is 2.18. The molecule has 2 unspecified atom stereocenters. The quantitative estimate of drug-likeness (QED) is 0.785. The van der Waals surface area contributed by atoms with Crippen LogP contribution in [0.1, 0.15) is 41.0 Å². The molecule has 16 heavy (non-hydrogen) atoms. The van der Waals surface area contributed by atoms with Gasteiger partial charge < -0.3 is 10.2 Å². The van der Waals surface area contributed by atoms with E-state index in [1.165, 1.54) is 0 Å². The molecule has 2 amide bonds. The van der Waals surface area contributed by atoms with Crippen LogP contribution in [-0.2, 0) is 9.59 Å². The van der Waals surface area contributed by atoms with Gasteiger partial charge in [-0.05, 0) is 33.1 Å². The number of amides is 2. The predicted molar refractivity (Wildman–Crippen MR) is 62.8 cm³/mol. The largest absolute Gasteiger partial charge is 0.343 e. The summed E-state index contributed by atoms with van der Waals surface area (Å²) in [6, 6.07) is -0.620. The number of hydrogen-bond acceptors (Lipinski definition) is 2. The minimum absolute atomic E-state index is 0.0426. The van der Waals surface area contributed by atoms with Crippen LogP contribution in [0.2, 0.25) is 0 Å². The number of hydrogen-bond donors (Lipinski definition) is 1. The van der Waals surface area contributed by atoms with Crippen molar-refractivity contribution < 1.29 is 9.59 Å². The van der Waals surface area contributed by atoms with Gasteiger partial charge in [-0.25, -0.2) is 0 Å². The van der Waals surface area contributed by atoms with Crippen LogP contribution in [0.5, 0.6) is 0 Å². The second-order valence-electron chi connectivity index (χ2n) is 5.21. The van der Waals surface area contributed by atoms with Crippen molar-refractivity contribution in [1.82, 2.24) is 10.2 Å². The average Bonchev–Trinajstić information content (AvgIpc) is 2.13. The predicted octanol–water partition coefficient (Wildman–Crippen LogP) is 1.16. The lowest BCUT2D eigenvalue weighted by molar-refractivity contribution is -0.151. The van der Waals surface area contributed by atoms with Crippen molar-refractivity contribution >= 4 is 11.8 Å². The van der Waals surface area contributed by atoms with Crippen LogP contribution in [0.4, 0.5) is 0 Å². The molecule has 1 aliphatic heterocycles. The lowest BCUT2D eigenvalue weighted by Crippen LogP contribution is -2.64. The molecule has 0 aromatic rings. The molecular weight excluding hydrogens is 204 g/mol. The molecule has 1 rings (SSSR count). The van der Waals surface area contributed by atoms with E-state index in [-0.39, 0.29) is 29.9 Å². The van der Waals surface area contributed by atoms with E-state index >= 15 is 0 Å². The maximum atomic E-state index is 12.2. The lowest BCUT2D eigenvalue weighted by Gasteiger charge is -2.40. The first-order valence-electron chi connectivity index (χ1n) is 5.97. The van der Waals surface area contributed by atoms with E-state index in [1.807, 2.05) is 13.8 Å². The Kier molecular flexibility index (Phi) is 3.94. The van der Waals surface area contributed by atoms with Gasteiger partial charge in [-0.2, -0.15) is 0 Å². The van der Waals surface area contributed by atoms with Crippen LogP contribution in [0, 0.1) is 5.92 Å². The van der Waals surface area contributed by atoms with Crippen molar-refractivity contribution in [3.05, 3.63) is 0 Å². The second kappa shape index (κ2) is 4.85. The second-order valence-corrected chi connectivity index (χ2v) is 5.21. The topological polar surface area (TPSA) is 49.4 Å². The van der Waals surface area contributed by atoms with Crippen LogP contribution in [-0.4, -0.2) is 34.8 Å². The Hall–Kier alpha value is -1.06. The number of carbonyl (C=O) groups is 2. The smallest absolute Gasteiger partial charge is 0.246 e. The van der Waals surface area contributed by atoms with E-state index in [4.69, 9.17) is 0 Å². The van der Waals surface area contributed by atoms with E-state index in [1.54, 1.807) is 11.8 Å². The minimum atomic E-state index is -0.351. The molecule has 0 aromatic carbocycles.